The van der Waals surface area contributed by atoms with Gasteiger partial charge in [0.25, 0.3) is 0 Å². The van der Waals surface area contributed by atoms with E-state index in [1.807, 2.05) is 12.1 Å². The average Bonchev–Trinajstić information content (AvgIpc) is 3.58. The van der Waals surface area contributed by atoms with Crippen molar-refractivity contribution in [3.05, 3.63) is 96.7 Å². The number of benzene rings is 2. The molecule has 45 heavy (non-hydrogen) atoms. The van der Waals surface area contributed by atoms with Crippen LogP contribution in [0.3, 0.4) is 0 Å². The quantitative estimate of drug-likeness (QED) is 0.291. The van der Waals surface area contributed by atoms with Crippen LogP contribution in [-0.4, -0.2) is 88.3 Å². The average molecular weight is 631 g/mol. The molecule has 0 saturated carbocycles. The molecule has 1 aliphatic heterocycles. The number of alkyl carbamates (subject to hydrolysis) is 1. The lowest BCUT2D eigenvalue weighted by Crippen LogP contribution is -2.52. The summed E-state index contributed by atoms with van der Waals surface area (Å²) < 4.78 is 34.8. The van der Waals surface area contributed by atoms with E-state index in [-0.39, 0.29) is 49.3 Å². The molecule has 3 heterocycles. The van der Waals surface area contributed by atoms with Crippen LogP contribution in [0.15, 0.2) is 90.5 Å². The van der Waals surface area contributed by atoms with Gasteiger partial charge in [-0.25, -0.2) is 23.2 Å². The summed E-state index contributed by atoms with van der Waals surface area (Å²) in [6, 6.07) is 17.1. The third-order valence-electron chi connectivity index (χ3n) is 7.13. The number of ether oxygens (including phenoxy) is 1. The maximum atomic E-state index is 13.3. The molecule has 0 spiro atoms. The maximum absolute atomic E-state index is 13.3. The second-order valence-corrected chi connectivity index (χ2v) is 13.4. The minimum Gasteiger partial charge on any atom is -0.444 e. The number of sulfonamides is 1. The van der Waals surface area contributed by atoms with Crippen molar-refractivity contribution >= 4 is 27.8 Å². The molecular formula is C32H34N6O6S. The number of hydrogen-bond donors (Lipinski definition) is 1. The van der Waals surface area contributed by atoms with Gasteiger partial charge in [0.2, 0.25) is 15.9 Å². The summed E-state index contributed by atoms with van der Waals surface area (Å²) in [5.74, 6) is 0.191. The Kier molecular flexibility index (Phi) is 9.11. The van der Waals surface area contributed by atoms with Gasteiger partial charge in [-0.1, -0.05) is 36.4 Å². The monoisotopic (exact) mass is 630 g/mol. The molecule has 4 aromatic rings. The second-order valence-electron chi connectivity index (χ2n) is 11.4. The zero-order chi connectivity index (χ0) is 32.2. The number of rotatable bonds is 8. The van der Waals surface area contributed by atoms with Gasteiger partial charge >= 0.3 is 6.09 Å². The Balaban J connectivity index is 1.16. The van der Waals surface area contributed by atoms with Crippen LogP contribution in [0.25, 0.3) is 16.9 Å². The molecule has 0 bridgehead atoms. The van der Waals surface area contributed by atoms with Gasteiger partial charge in [0, 0.05) is 55.9 Å². The molecule has 1 aliphatic rings. The van der Waals surface area contributed by atoms with Crippen molar-refractivity contribution in [1.82, 2.24) is 29.1 Å². The molecule has 234 valence electrons. The number of imidazole rings is 1. The number of nitrogens with zero attached hydrogens (tertiary/aromatic N) is 5. The van der Waals surface area contributed by atoms with E-state index in [9.17, 15) is 22.8 Å². The molecule has 2 aromatic carbocycles. The van der Waals surface area contributed by atoms with Gasteiger partial charge in [-0.2, -0.15) is 4.31 Å². The standard InChI is InChI=1S/C32H34N6O6S/c1-32(2,3)44-31(41)35-21-29(39)36-16-18-38(19-17-36)45(42,43)27-11-8-24(9-12-27)23-4-6-25(7-5-23)30(40)26-10-13-28(34-20-26)37-15-14-33-22-37/h4-15,20,22H,16-19,21H2,1-3H3,(H,35,41). The van der Waals surface area contributed by atoms with Gasteiger partial charge in [-0.05, 0) is 56.2 Å². The van der Waals surface area contributed by atoms with Crippen LogP contribution in [0.4, 0.5) is 4.79 Å². The summed E-state index contributed by atoms with van der Waals surface area (Å²) in [7, 11) is -3.77. The normalized spacial score (nSPS) is 14.2. The van der Waals surface area contributed by atoms with Crippen LogP contribution in [0, 0.1) is 0 Å². The molecule has 1 fully saturated rings. The Morgan fingerprint density at radius 1 is 0.867 bits per heavy atom. The van der Waals surface area contributed by atoms with E-state index in [0.717, 1.165) is 11.1 Å². The van der Waals surface area contributed by atoms with Crippen LogP contribution in [0.1, 0.15) is 36.7 Å². The number of carbonyl (C=O) groups is 3. The van der Waals surface area contributed by atoms with Gasteiger partial charge in [0.1, 0.15) is 24.3 Å². The number of carbonyl (C=O) groups excluding carboxylic acids is 3. The highest BCUT2D eigenvalue weighted by Crippen LogP contribution is 2.25. The first kappa shape index (κ1) is 31.5. The van der Waals surface area contributed by atoms with Crippen LogP contribution in [-0.2, 0) is 19.6 Å². The van der Waals surface area contributed by atoms with E-state index in [4.69, 9.17) is 4.74 Å². The molecule has 2 amide bonds. The van der Waals surface area contributed by atoms with Gasteiger partial charge in [0.15, 0.2) is 5.78 Å². The Morgan fingerprint density at radius 2 is 1.49 bits per heavy atom. The summed E-state index contributed by atoms with van der Waals surface area (Å²) in [5, 5.41) is 2.44. The molecule has 13 heteroatoms. The lowest BCUT2D eigenvalue weighted by molar-refractivity contribution is -0.131. The third kappa shape index (κ3) is 7.62. The lowest BCUT2D eigenvalue weighted by Gasteiger charge is -2.34. The van der Waals surface area contributed by atoms with Crippen molar-refractivity contribution in [3.63, 3.8) is 0 Å². The van der Waals surface area contributed by atoms with E-state index in [1.54, 1.807) is 92.6 Å². The highest BCUT2D eigenvalue weighted by Gasteiger charge is 2.30. The molecule has 2 aromatic heterocycles. The molecule has 1 saturated heterocycles. The first-order valence-corrected chi connectivity index (χ1v) is 15.8. The summed E-state index contributed by atoms with van der Waals surface area (Å²) in [6.45, 7) is 5.66. The van der Waals surface area contributed by atoms with E-state index in [1.165, 1.54) is 15.4 Å². The molecule has 0 unspecified atom stereocenters. The fourth-order valence-corrected chi connectivity index (χ4v) is 6.19. The van der Waals surface area contributed by atoms with Gasteiger partial charge in [-0.3, -0.25) is 14.2 Å². The maximum Gasteiger partial charge on any atom is 0.408 e. The minimum absolute atomic E-state index is 0.138. The van der Waals surface area contributed by atoms with Gasteiger partial charge < -0.3 is 15.0 Å². The lowest BCUT2D eigenvalue weighted by atomic mass is 10.0. The van der Waals surface area contributed by atoms with Crippen molar-refractivity contribution in [2.75, 3.05) is 32.7 Å². The summed E-state index contributed by atoms with van der Waals surface area (Å²) in [4.78, 5) is 47.3. The molecule has 5 rings (SSSR count). The largest absolute Gasteiger partial charge is 0.444 e. The summed E-state index contributed by atoms with van der Waals surface area (Å²) in [6.07, 6.45) is 5.90. The van der Waals surface area contributed by atoms with E-state index < -0.39 is 21.7 Å². The topological polar surface area (TPSA) is 144 Å². The number of hydrogen-bond acceptors (Lipinski definition) is 8. The molecular weight excluding hydrogens is 596 g/mol. The van der Waals surface area contributed by atoms with Crippen LogP contribution in [0.5, 0.6) is 0 Å². The third-order valence-corrected chi connectivity index (χ3v) is 9.04. The fourth-order valence-electron chi connectivity index (χ4n) is 4.77. The number of amides is 2. The van der Waals surface area contributed by atoms with E-state index in [0.29, 0.717) is 16.9 Å². The second kappa shape index (κ2) is 13.0. The zero-order valence-corrected chi connectivity index (χ0v) is 26.0. The van der Waals surface area contributed by atoms with Gasteiger partial charge in [-0.15, -0.1) is 0 Å². The highest BCUT2D eigenvalue weighted by molar-refractivity contribution is 7.89. The molecule has 0 atom stereocenters. The fraction of sp³-hybridized carbons (Fsp3) is 0.281. The Hall–Kier alpha value is -4.88. The Bertz CT molecular complexity index is 1760. The smallest absolute Gasteiger partial charge is 0.408 e. The Morgan fingerprint density at radius 3 is 2.04 bits per heavy atom. The van der Waals surface area contributed by atoms with Crippen LogP contribution >= 0.6 is 0 Å². The van der Waals surface area contributed by atoms with Crippen molar-refractivity contribution in [2.24, 2.45) is 0 Å². The summed E-state index contributed by atoms with van der Waals surface area (Å²) in [5.41, 5.74) is 1.92. The SMILES string of the molecule is CC(C)(C)OC(=O)NCC(=O)N1CCN(S(=O)(=O)c2ccc(-c3ccc(C(=O)c4ccc(-n5ccnc5)nc4)cc3)cc2)CC1. The van der Waals surface area contributed by atoms with Crippen molar-refractivity contribution in [3.8, 4) is 16.9 Å². The number of pyridine rings is 1. The number of nitrogens with one attached hydrogen (secondary N) is 1. The Labute approximate surface area is 261 Å². The first-order valence-electron chi connectivity index (χ1n) is 14.3. The molecule has 0 aliphatic carbocycles. The van der Waals surface area contributed by atoms with Crippen LogP contribution < -0.4 is 5.32 Å². The number of piperazine rings is 1. The first-order chi connectivity index (χ1) is 21.4. The van der Waals surface area contributed by atoms with E-state index in [2.05, 4.69) is 15.3 Å². The van der Waals surface area contributed by atoms with Crippen molar-refractivity contribution in [1.29, 1.82) is 0 Å². The molecule has 12 nitrogen and oxygen atoms in total. The number of aromatic nitrogens is 3. The van der Waals surface area contributed by atoms with Crippen LogP contribution in [0.2, 0.25) is 0 Å². The van der Waals surface area contributed by atoms with Gasteiger partial charge in [0.05, 0.1) is 4.90 Å². The van der Waals surface area contributed by atoms with E-state index >= 15 is 0 Å². The minimum atomic E-state index is -3.77. The predicted molar refractivity (Wildman–Crippen MR) is 166 cm³/mol. The highest BCUT2D eigenvalue weighted by atomic mass is 32.2. The predicted octanol–water partition coefficient (Wildman–Crippen LogP) is 3.52. The molecule has 0 radical (unpaired) electrons. The summed E-state index contributed by atoms with van der Waals surface area (Å²) >= 11 is 0. The van der Waals surface area contributed by atoms with Crippen molar-refractivity contribution in [2.45, 2.75) is 31.3 Å². The number of ketones is 1. The molecule has 1 N–H and O–H groups in total. The zero-order valence-electron chi connectivity index (χ0n) is 25.2. The van der Waals surface area contributed by atoms with Crippen molar-refractivity contribution < 1.29 is 27.5 Å².